The van der Waals surface area contributed by atoms with E-state index in [0.29, 0.717) is 30.8 Å². The van der Waals surface area contributed by atoms with E-state index in [-0.39, 0.29) is 5.69 Å². The average Bonchev–Trinajstić information content (AvgIpc) is 2.81. The average molecular weight is 294 g/mol. The number of hydrogen-bond donors (Lipinski definition) is 1. The van der Waals surface area contributed by atoms with Crippen LogP contribution in [0.25, 0.3) is 0 Å². The minimum absolute atomic E-state index is 0.0550. The van der Waals surface area contributed by atoms with Crippen LogP contribution >= 0.6 is 0 Å². The summed E-state index contributed by atoms with van der Waals surface area (Å²) < 4.78 is 5.07. The molecule has 1 N–H and O–H groups in total. The molecule has 0 radical (unpaired) electrons. The van der Waals surface area contributed by atoms with Gasteiger partial charge in [-0.25, -0.2) is 0 Å². The van der Waals surface area contributed by atoms with Crippen molar-refractivity contribution < 1.29 is 19.6 Å². The lowest BCUT2D eigenvalue weighted by molar-refractivity contribution is -0.385. The summed E-state index contributed by atoms with van der Waals surface area (Å²) in [5.74, 6) is -0.465. The zero-order chi connectivity index (χ0) is 15.6. The van der Waals surface area contributed by atoms with E-state index in [9.17, 15) is 20.0 Å². The molecule has 114 valence electrons. The van der Waals surface area contributed by atoms with Crippen LogP contribution in [0.15, 0.2) is 18.2 Å². The van der Waals surface area contributed by atoms with Gasteiger partial charge in [-0.3, -0.25) is 19.8 Å². The number of carbonyl (C=O) groups is 1. The van der Waals surface area contributed by atoms with E-state index in [1.807, 2.05) is 4.90 Å². The third kappa shape index (κ3) is 2.97. The Labute approximate surface area is 122 Å². The Morgan fingerprint density at radius 1 is 1.52 bits per heavy atom. The Kier molecular flexibility index (Phi) is 4.13. The van der Waals surface area contributed by atoms with Crippen LogP contribution in [-0.4, -0.2) is 40.1 Å². The topological polar surface area (TPSA) is 92.9 Å². The van der Waals surface area contributed by atoms with E-state index in [4.69, 9.17) is 4.74 Å². The number of carboxylic acid groups (broad SMARTS) is 1. The molecule has 0 aromatic heterocycles. The summed E-state index contributed by atoms with van der Waals surface area (Å²) in [4.78, 5) is 23.7. The standard InChI is InChI=1S/C14H18N2O5/c1-14(13(17)18)4-3-5-15(14)9-10-6-11(16(19)20)8-12(7-10)21-2/h6-8H,3-5,9H2,1-2H3,(H,17,18). The molecule has 0 aliphatic carbocycles. The second kappa shape index (κ2) is 5.69. The monoisotopic (exact) mass is 294 g/mol. The second-order valence-corrected chi connectivity index (χ2v) is 5.40. The molecule has 7 nitrogen and oxygen atoms in total. The van der Waals surface area contributed by atoms with Gasteiger partial charge in [0, 0.05) is 12.6 Å². The summed E-state index contributed by atoms with van der Waals surface area (Å²) in [7, 11) is 1.44. The summed E-state index contributed by atoms with van der Waals surface area (Å²) in [6.45, 7) is 2.70. The molecule has 0 spiro atoms. The molecular formula is C14H18N2O5. The fourth-order valence-electron chi connectivity index (χ4n) is 2.69. The molecule has 0 bridgehead atoms. The summed E-state index contributed by atoms with van der Waals surface area (Å²) in [6, 6.07) is 4.51. The van der Waals surface area contributed by atoms with E-state index in [0.717, 1.165) is 6.42 Å². The molecule has 21 heavy (non-hydrogen) atoms. The van der Waals surface area contributed by atoms with Gasteiger partial charge in [-0.05, 0) is 37.9 Å². The molecule has 1 unspecified atom stereocenters. The van der Waals surface area contributed by atoms with Crippen LogP contribution in [0.1, 0.15) is 25.3 Å². The highest BCUT2D eigenvalue weighted by Crippen LogP contribution is 2.32. The number of rotatable bonds is 5. The maximum absolute atomic E-state index is 11.4. The van der Waals surface area contributed by atoms with Crippen LogP contribution in [0.4, 0.5) is 5.69 Å². The van der Waals surface area contributed by atoms with Gasteiger partial charge < -0.3 is 9.84 Å². The number of aliphatic carboxylic acids is 1. The van der Waals surface area contributed by atoms with Gasteiger partial charge in [0.05, 0.1) is 18.1 Å². The van der Waals surface area contributed by atoms with E-state index in [1.165, 1.54) is 19.2 Å². The largest absolute Gasteiger partial charge is 0.496 e. The van der Waals surface area contributed by atoms with Crippen molar-refractivity contribution in [2.24, 2.45) is 0 Å². The summed E-state index contributed by atoms with van der Waals surface area (Å²) >= 11 is 0. The van der Waals surface area contributed by atoms with Crippen molar-refractivity contribution in [2.45, 2.75) is 31.8 Å². The minimum Gasteiger partial charge on any atom is -0.496 e. The lowest BCUT2D eigenvalue weighted by Crippen LogP contribution is -2.47. The number of nitrogens with zero attached hydrogens (tertiary/aromatic N) is 2. The van der Waals surface area contributed by atoms with Crippen molar-refractivity contribution in [3.63, 3.8) is 0 Å². The predicted molar refractivity (Wildman–Crippen MR) is 75.3 cm³/mol. The number of methoxy groups -OCH3 is 1. The summed E-state index contributed by atoms with van der Waals surface area (Å²) in [5.41, 5.74) is -0.297. The van der Waals surface area contributed by atoms with Crippen LogP contribution < -0.4 is 4.74 Å². The van der Waals surface area contributed by atoms with Crippen LogP contribution in [0.3, 0.4) is 0 Å². The van der Waals surface area contributed by atoms with E-state index >= 15 is 0 Å². The first-order valence-electron chi connectivity index (χ1n) is 6.67. The molecule has 1 atom stereocenters. The molecule has 0 saturated carbocycles. The van der Waals surface area contributed by atoms with E-state index in [1.54, 1.807) is 13.0 Å². The van der Waals surface area contributed by atoms with Gasteiger partial charge in [0.1, 0.15) is 11.3 Å². The smallest absolute Gasteiger partial charge is 0.323 e. The van der Waals surface area contributed by atoms with Gasteiger partial charge in [0.25, 0.3) is 5.69 Å². The second-order valence-electron chi connectivity index (χ2n) is 5.40. The molecule has 1 saturated heterocycles. The fourth-order valence-corrected chi connectivity index (χ4v) is 2.69. The fraction of sp³-hybridized carbons (Fsp3) is 0.500. The molecule has 1 fully saturated rings. The summed E-state index contributed by atoms with van der Waals surface area (Å²) in [6.07, 6.45) is 1.38. The number of likely N-dealkylation sites (tertiary alicyclic amines) is 1. The maximum Gasteiger partial charge on any atom is 0.323 e. The van der Waals surface area contributed by atoms with Crippen molar-refractivity contribution in [3.05, 3.63) is 33.9 Å². The van der Waals surface area contributed by atoms with Gasteiger partial charge >= 0.3 is 5.97 Å². The first kappa shape index (κ1) is 15.2. The van der Waals surface area contributed by atoms with E-state index < -0.39 is 16.4 Å². The van der Waals surface area contributed by atoms with Crippen molar-refractivity contribution >= 4 is 11.7 Å². The molecule has 1 heterocycles. The Balaban J connectivity index is 2.28. The molecule has 0 amide bonds. The molecule has 2 rings (SSSR count). The molecule has 1 aromatic carbocycles. The van der Waals surface area contributed by atoms with Crippen molar-refractivity contribution in [3.8, 4) is 5.75 Å². The molecule has 1 aromatic rings. The van der Waals surface area contributed by atoms with Crippen molar-refractivity contribution in [1.29, 1.82) is 0 Å². The van der Waals surface area contributed by atoms with Crippen LogP contribution in [-0.2, 0) is 11.3 Å². The Morgan fingerprint density at radius 2 is 2.24 bits per heavy atom. The van der Waals surface area contributed by atoms with Crippen molar-refractivity contribution in [2.75, 3.05) is 13.7 Å². The molecule has 1 aliphatic rings. The Hall–Kier alpha value is -2.15. The number of nitro benzene ring substituents is 1. The SMILES string of the molecule is COc1cc(CN2CCCC2(C)C(=O)O)cc([N+](=O)[O-])c1. The normalized spacial score (nSPS) is 22.2. The number of nitro groups is 1. The third-order valence-corrected chi connectivity index (χ3v) is 4.02. The first-order chi connectivity index (χ1) is 9.86. The highest BCUT2D eigenvalue weighted by molar-refractivity contribution is 5.78. The number of ether oxygens (including phenoxy) is 1. The molecular weight excluding hydrogens is 276 g/mol. The lowest BCUT2D eigenvalue weighted by atomic mass is 9.99. The maximum atomic E-state index is 11.4. The highest BCUT2D eigenvalue weighted by atomic mass is 16.6. The number of carboxylic acids is 1. The number of non-ortho nitro benzene ring substituents is 1. The van der Waals surface area contributed by atoms with Crippen molar-refractivity contribution in [1.82, 2.24) is 4.90 Å². The Morgan fingerprint density at radius 3 is 2.81 bits per heavy atom. The van der Waals surface area contributed by atoms with Gasteiger partial charge in [-0.1, -0.05) is 0 Å². The molecule has 7 heteroatoms. The Bertz CT molecular complexity index is 574. The van der Waals surface area contributed by atoms with Gasteiger partial charge in [-0.2, -0.15) is 0 Å². The molecule has 1 aliphatic heterocycles. The number of benzene rings is 1. The van der Waals surface area contributed by atoms with Gasteiger partial charge in [0.2, 0.25) is 0 Å². The predicted octanol–water partition coefficient (Wildman–Crippen LogP) is 2.04. The van der Waals surface area contributed by atoms with Gasteiger partial charge in [0.15, 0.2) is 0 Å². The van der Waals surface area contributed by atoms with Crippen LogP contribution in [0.2, 0.25) is 0 Å². The minimum atomic E-state index is -0.919. The van der Waals surface area contributed by atoms with Crippen LogP contribution in [0, 0.1) is 10.1 Å². The quantitative estimate of drug-likeness (QED) is 0.660. The third-order valence-electron chi connectivity index (χ3n) is 4.02. The zero-order valence-electron chi connectivity index (χ0n) is 12.0. The lowest BCUT2D eigenvalue weighted by Gasteiger charge is -2.31. The van der Waals surface area contributed by atoms with Gasteiger partial charge in [-0.15, -0.1) is 0 Å². The summed E-state index contributed by atoms with van der Waals surface area (Å²) in [5, 5.41) is 20.3. The van der Waals surface area contributed by atoms with Crippen LogP contribution in [0.5, 0.6) is 5.75 Å². The highest BCUT2D eigenvalue weighted by Gasteiger charge is 2.43. The first-order valence-corrected chi connectivity index (χ1v) is 6.67. The zero-order valence-corrected chi connectivity index (χ0v) is 12.0. The number of hydrogen-bond acceptors (Lipinski definition) is 5. The van der Waals surface area contributed by atoms with E-state index in [2.05, 4.69) is 0 Å².